The van der Waals surface area contributed by atoms with E-state index in [0.29, 0.717) is 0 Å². The number of aryl methyl sites for hydroxylation is 1. The lowest BCUT2D eigenvalue weighted by molar-refractivity contribution is 0.193. The Morgan fingerprint density at radius 1 is 1.47 bits per heavy atom. The molecule has 0 bridgehead atoms. The van der Waals surface area contributed by atoms with E-state index in [-0.39, 0.29) is 12.1 Å². The van der Waals surface area contributed by atoms with Crippen LogP contribution in [0.1, 0.15) is 18.5 Å². The second kappa shape index (κ2) is 5.29. The van der Waals surface area contributed by atoms with E-state index in [9.17, 15) is 4.21 Å². The monoisotopic (exact) mass is 256 g/mol. The van der Waals surface area contributed by atoms with E-state index < -0.39 is 10.8 Å². The first-order chi connectivity index (χ1) is 8.08. The van der Waals surface area contributed by atoms with Gasteiger partial charge in [0.25, 0.3) is 0 Å². The summed E-state index contributed by atoms with van der Waals surface area (Å²) in [6, 6.07) is 0.228. The van der Waals surface area contributed by atoms with Crippen LogP contribution in [0.5, 0.6) is 0 Å². The van der Waals surface area contributed by atoms with E-state index in [1.165, 1.54) is 0 Å². The van der Waals surface area contributed by atoms with Crippen LogP contribution in [0, 0.1) is 0 Å². The minimum atomic E-state index is -0.645. The van der Waals surface area contributed by atoms with E-state index in [1.54, 1.807) is 4.68 Å². The van der Waals surface area contributed by atoms with Crippen LogP contribution >= 0.6 is 0 Å². The van der Waals surface area contributed by atoms with Crippen molar-refractivity contribution in [3.8, 4) is 0 Å². The summed E-state index contributed by atoms with van der Waals surface area (Å²) in [4.78, 5) is 2.32. The maximum absolute atomic E-state index is 11.4. The van der Waals surface area contributed by atoms with Crippen molar-refractivity contribution < 1.29 is 4.21 Å². The lowest BCUT2D eigenvalue weighted by Gasteiger charge is -2.35. The molecule has 1 aliphatic rings. The van der Waals surface area contributed by atoms with E-state index in [1.807, 2.05) is 26.4 Å². The van der Waals surface area contributed by atoms with Gasteiger partial charge < -0.3 is 5.73 Å². The van der Waals surface area contributed by atoms with E-state index in [4.69, 9.17) is 5.73 Å². The molecular formula is C11H20N4OS. The van der Waals surface area contributed by atoms with Crippen molar-refractivity contribution in [1.29, 1.82) is 0 Å². The molecule has 0 amide bonds. The molecule has 17 heavy (non-hydrogen) atoms. The summed E-state index contributed by atoms with van der Waals surface area (Å²) in [5, 5.41) is 4.20. The van der Waals surface area contributed by atoms with Crippen molar-refractivity contribution in [3.05, 3.63) is 18.0 Å². The molecule has 2 heterocycles. The average molecular weight is 256 g/mol. The Hall–Kier alpha value is -0.720. The molecule has 0 radical (unpaired) electrons. The van der Waals surface area contributed by atoms with Crippen LogP contribution in [0.4, 0.5) is 0 Å². The Kier molecular flexibility index (Phi) is 3.96. The summed E-state index contributed by atoms with van der Waals surface area (Å²) in [5.41, 5.74) is 7.24. The summed E-state index contributed by atoms with van der Waals surface area (Å²) in [7, 11) is 1.26. The maximum Gasteiger partial charge on any atom is 0.0538 e. The average Bonchev–Trinajstić information content (AvgIpc) is 2.68. The zero-order valence-electron chi connectivity index (χ0n) is 10.4. The summed E-state index contributed by atoms with van der Waals surface area (Å²) < 4.78 is 13.2. The third-order valence-corrected chi connectivity index (χ3v) is 4.45. The van der Waals surface area contributed by atoms with Crippen LogP contribution in [-0.2, 0) is 17.8 Å². The Labute approximate surface area is 104 Å². The molecule has 1 aromatic rings. The van der Waals surface area contributed by atoms with Crippen molar-refractivity contribution in [3.63, 3.8) is 0 Å². The van der Waals surface area contributed by atoms with Gasteiger partial charge in [0, 0.05) is 60.2 Å². The number of rotatable bonds is 3. The van der Waals surface area contributed by atoms with Crippen molar-refractivity contribution in [2.24, 2.45) is 12.8 Å². The number of hydrogen-bond acceptors (Lipinski definition) is 4. The molecule has 6 heteroatoms. The highest BCUT2D eigenvalue weighted by Crippen LogP contribution is 2.24. The second-order valence-electron chi connectivity index (χ2n) is 4.64. The molecule has 1 fully saturated rings. The van der Waals surface area contributed by atoms with Gasteiger partial charge in [-0.2, -0.15) is 5.10 Å². The largest absolute Gasteiger partial charge is 0.326 e. The molecule has 2 unspecified atom stereocenters. The number of aromatic nitrogens is 2. The molecule has 5 nitrogen and oxygen atoms in total. The van der Waals surface area contributed by atoms with Gasteiger partial charge in [0.2, 0.25) is 0 Å². The summed E-state index contributed by atoms with van der Waals surface area (Å²) >= 11 is 0. The van der Waals surface area contributed by atoms with Crippen molar-refractivity contribution in [2.45, 2.75) is 19.0 Å². The Balaban J connectivity index is 2.15. The highest BCUT2D eigenvalue weighted by Gasteiger charge is 2.27. The Morgan fingerprint density at radius 3 is 2.59 bits per heavy atom. The molecule has 0 spiro atoms. The molecule has 0 saturated carbocycles. The molecular weight excluding hydrogens is 236 g/mol. The molecule has 1 aliphatic heterocycles. The maximum atomic E-state index is 11.4. The fourth-order valence-corrected chi connectivity index (χ4v) is 3.45. The lowest BCUT2D eigenvalue weighted by atomic mass is 10.0. The Bertz CT molecular complexity index is 394. The van der Waals surface area contributed by atoms with Gasteiger partial charge in [-0.05, 0) is 6.92 Å². The molecule has 2 atom stereocenters. The normalized spacial score (nSPS) is 22.5. The quantitative estimate of drug-likeness (QED) is 0.818. The predicted octanol–water partition coefficient (Wildman–Crippen LogP) is -0.127. The number of nitrogens with zero attached hydrogens (tertiary/aromatic N) is 3. The molecule has 0 aromatic carbocycles. The fourth-order valence-electron chi connectivity index (χ4n) is 2.37. The number of hydrogen-bond donors (Lipinski definition) is 1. The fraction of sp³-hybridized carbons (Fsp3) is 0.727. The van der Waals surface area contributed by atoms with Crippen LogP contribution in [0.15, 0.2) is 12.4 Å². The standard InChI is InChI=1S/C11H20N4OS/c1-9(12)11(10-7-13-14(2)8-10)15-3-5-17(16)6-4-15/h7-9,11H,3-6,12H2,1-2H3. The van der Waals surface area contributed by atoms with Crippen LogP contribution in [0.2, 0.25) is 0 Å². The van der Waals surface area contributed by atoms with Crippen LogP contribution < -0.4 is 5.73 Å². The first-order valence-electron chi connectivity index (χ1n) is 5.91. The zero-order chi connectivity index (χ0) is 12.4. The third kappa shape index (κ3) is 2.94. The lowest BCUT2D eigenvalue weighted by Crippen LogP contribution is -2.45. The van der Waals surface area contributed by atoms with E-state index in [2.05, 4.69) is 10.00 Å². The predicted molar refractivity (Wildman–Crippen MR) is 69.0 cm³/mol. The van der Waals surface area contributed by atoms with Gasteiger partial charge in [0.15, 0.2) is 0 Å². The van der Waals surface area contributed by atoms with Gasteiger partial charge in [-0.15, -0.1) is 0 Å². The molecule has 1 saturated heterocycles. The van der Waals surface area contributed by atoms with Crippen molar-refractivity contribution >= 4 is 10.8 Å². The van der Waals surface area contributed by atoms with Crippen molar-refractivity contribution in [1.82, 2.24) is 14.7 Å². The first kappa shape index (κ1) is 12.7. The highest BCUT2D eigenvalue weighted by molar-refractivity contribution is 7.85. The van der Waals surface area contributed by atoms with Gasteiger partial charge in [0.05, 0.1) is 12.2 Å². The SMILES string of the molecule is CC(N)C(c1cnn(C)c1)N1CCS(=O)CC1. The molecule has 96 valence electrons. The zero-order valence-corrected chi connectivity index (χ0v) is 11.2. The second-order valence-corrected chi connectivity index (χ2v) is 6.33. The van der Waals surface area contributed by atoms with Gasteiger partial charge >= 0.3 is 0 Å². The summed E-state index contributed by atoms with van der Waals surface area (Å²) in [6.45, 7) is 3.73. The first-order valence-corrected chi connectivity index (χ1v) is 7.40. The minimum Gasteiger partial charge on any atom is -0.326 e. The highest BCUT2D eigenvalue weighted by atomic mass is 32.2. The summed E-state index contributed by atoms with van der Waals surface area (Å²) in [6.07, 6.45) is 3.89. The smallest absolute Gasteiger partial charge is 0.0538 e. The molecule has 0 aliphatic carbocycles. The van der Waals surface area contributed by atoms with Crippen LogP contribution in [0.3, 0.4) is 0 Å². The summed E-state index contributed by atoms with van der Waals surface area (Å²) in [5.74, 6) is 1.51. The van der Waals surface area contributed by atoms with Crippen molar-refractivity contribution in [2.75, 3.05) is 24.6 Å². The van der Waals surface area contributed by atoms with Gasteiger partial charge in [-0.3, -0.25) is 13.8 Å². The third-order valence-electron chi connectivity index (χ3n) is 3.17. The molecule has 1 aromatic heterocycles. The van der Waals surface area contributed by atoms with Gasteiger partial charge in [-0.1, -0.05) is 0 Å². The van der Waals surface area contributed by atoms with E-state index in [0.717, 1.165) is 30.2 Å². The van der Waals surface area contributed by atoms with Gasteiger partial charge in [-0.25, -0.2) is 0 Å². The molecule has 2 N–H and O–H groups in total. The molecule has 2 rings (SSSR count). The topological polar surface area (TPSA) is 64.2 Å². The minimum absolute atomic E-state index is 0.0470. The van der Waals surface area contributed by atoms with Crippen LogP contribution in [0.25, 0.3) is 0 Å². The Morgan fingerprint density at radius 2 is 2.12 bits per heavy atom. The number of nitrogens with two attached hydrogens (primary N) is 1. The van der Waals surface area contributed by atoms with E-state index >= 15 is 0 Å². The van der Waals surface area contributed by atoms with Crippen LogP contribution in [-0.4, -0.2) is 49.5 Å². The van der Waals surface area contributed by atoms with Gasteiger partial charge in [0.1, 0.15) is 0 Å².